The van der Waals surface area contributed by atoms with Crippen LogP contribution in [0.25, 0.3) is 0 Å². The number of nitrogens with one attached hydrogen (secondary N) is 2. The fraction of sp³-hybridized carbons (Fsp3) is 0.455. The number of aromatic nitrogens is 1. The molecule has 4 heteroatoms. The van der Waals surface area contributed by atoms with Crippen molar-refractivity contribution in [2.75, 3.05) is 6.54 Å². The van der Waals surface area contributed by atoms with Crippen LogP contribution in [0, 0.1) is 0 Å². The summed E-state index contributed by atoms with van der Waals surface area (Å²) in [5.41, 5.74) is 0.998. The van der Waals surface area contributed by atoms with Crippen LogP contribution in [0.2, 0.25) is 0 Å². The van der Waals surface area contributed by atoms with Gasteiger partial charge in [-0.15, -0.1) is 0 Å². The molecule has 0 saturated heterocycles. The van der Waals surface area contributed by atoms with Crippen LogP contribution in [-0.4, -0.2) is 16.6 Å². The van der Waals surface area contributed by atoms with Crippen molar-refractivity contribution in [3.05, 3.63) is 30.1 Å². The molecule has 0 aromatic carbocycles. The highest BCUT2D eigenvalue weighted by molar-refractivity contribution is 7.80. The van der Waals surface area contributed by atoms with E-state index in [4.69, 9.17) is 12.2 Å². The maximum atomic E-state index is 5.15. The summed E-state index contributed by atoms with van der Waals surface area (Å²) in [6.45, 7) is 5.06. The molecular weight excluding hydrogens is 206 g/mol. The van der Waals surface area contributed by atoms with Crippen LogP contribution in [0.5, 0.6) is 0 Å². The van der Waals surface area contributed by atoms with Crippen molar-refractivity contribution in [2.45, 2.75) is 26.3 Å². The van der Waals surface area contributed by atoms with E-state index in [0.29, 0.717) is 5.11 Å². The van der Waals surface area contributed by atoms with Crippen LogP contribution in [0.3, 0.4) is 0 Å². The molecule has 0 radical (unpaired) electrons. The Labute approximate surface area is 96.3 Å². The molecule has 15 heavy (non-hydrogen) atoms. The van der Waals surface area contributed by atoms with Gasteiger partial charge >= 0.3 is 0 Å². The largest absolute Gasteiger partial charge is 0.363 e. The molecule has 1 rings (SSSR count). The first-order valence-electron chi connectivity index (χ1n) is 5.19. The summed E-state index contributed by atoms with van der Waals surface area (Å²) in [5.74, 6) is 0. The SMILES string of the molecule is CCCNC(=S)NC(C)c1ccccn1. The first-order chi connectivity index (χ1) is 7.24. The lowest BCUT2D eigenvalue weighted by Crippen LogP contribution is -2.37. The van der Waals surface area contributed by atoms with E-state index in [9.17, 15) is 0 Å². The van der Waals surface area contributed by atoms with E-state index >= 15 is 0 Å². The van der Waals surface area contributed by atoms with Crippen molar-refractivity contribution in [3.63, 3.8) is 0 Å². The third-order valence-corrected chi connectivity index (χ3v) is 2.28. The van der Waals surface area contributed by atoms with E-state index in [1.807, 2.05) is 25.1 Å². The number of thiocarbonyl (C=S) groups is 1. The van der Waals surface area contributed by atoms with Crippen LogP contribution in [0.4, 0.5) is 0 Å². The predicted octanol–water partition coefficient (Wildman–Crippen LogP) is 2.02. The number of hydrogen-bond donors (Lipinski definition) is 2. The molecule has 3 nitrogen and oxygen atoms in total. The fourth-order valence-electron chi connectivity index (χ4n) is 1.19. The summed E-state index contributed by atoms with van der Waals surface area (Å²) >= 11 is 5.15. The summed E-state index contributed by atoms with van der Waals surface area (Å²) in [6.07, 6.45) is 2.86. The Hall–Kier alpha value is -1.16. The highest BCUT2D eigenvalue weighted by Gasteiger charge is 2.06. The van der Waals surface area contributed by atoms with Crippen molar-refractivity contribution in [1.29, 1.82) is 0 Å². The summed E-state index contributed by atoms with van der Waals surface area (Å²) in [7, 11) is 0. The first kappa shape index (κ1) is 11.9. The molecule has 0 fully saturated rings. The Kier molecular flexibility index (Phi) is 5.04. The summed E-state index contributed by atoms with van der Waals surface area (Å²) in [6, 6.07) is 6.01. The van der Waals surface area contributed by atoms with Crippen molar-refractivity contribution >= 4 is 17.3 Å². The normalized spacial score (nSPS) is 11.9. The predicted molar refractivity (Wildman–Crippen MR) is 66.7 cm³/mol. The Balaban J connectivity index is 2.42. The second-order valence-electron chi connectivity index (χ2n) is 3.38. The minimum absolute atomic E-state index is 0.142. The van der Waals surface area contributed by atoms with Gasteiger partial charge in [0.2, 0.25) is 0 Å². The fourth-order valence-corrected chi connectivity index (χ4v) is 1.47. The van der Waals surface area contributed by atoms with Gasteiger partial charge in [0.1, 0.15) is 0 Å². The van der Waals surface area contributed by atoms with Gasteiger partial charge in [-0.2, -0.15) is 0 Å². The smallest absolute Gasteiger partial charge is 0.166 e. The number of rotatable bonds is 4. The van der Waals surface area contributed by atoms with E-state index in [0.717, 1.165) is 18.7 Å². The van der Waals surface area contributed by atoms with Gasteiger partial charge in [0, 0.05) is 12.7 Å². The van der Waals surface area contributed by atoms with E-state index in [-0.39, 0.29) is 6.04 Å². The van der Waals surface area contributed by atoms with Gasteiger partial charge in [0.25, 0.3) is 0 Å². The molecule has 1 heterocycles. The third kappa shape index (κ3) is 4.25. The number of pyridine rings is 1. The van der Waals surface area contributed by atoms with Crippen LogP contribution >= 0.6 is 12.2 Å². The Morgan fingerprint density at radius 3 is 2.93 bits per heavy atom. The molecule has 1 unspecified atom stereocenters. The topological polar surface area (TPSA) is 37.0 Å². The molecule has 82 valence electrons. The lowest BCUT2D eigenvalue weighted by atomic mass is 10.2. The van der Waals surface area contributed by atoms with E-state index in [1.54, 1.807) is 6.20 Å². The van der Waals surface area contributed by atoms with Crippen LogP contribution in [-0.2, 0) is 0 Å². The van der Waals surface area contributed by atoms with Gasteiger partial charge < -0.3 is 10.6 Å². The van der Waals surface area contributed by atoms with Gasteiger partial charge in [-0.05, 0) is 37.7 Å². The molecule has 2 N–H and O–H groups in total. The molecule has 0 bridgehead atoms. The molecule has 0 aliphatic carbocycles. The van der Waals surface area contributed by atoms with Crippen LogP contribution in [0.1, 0.15) is 32.0 Å². The minimum Gasteiger partial charge on any atom is -0.363 e. The quantitative estimate of drug-likeness (QED) is 0.766. The third-order valence-electron chi connectivity index (χ3n) is 2.01. The summed E-state index contributed by atoms with van der Waals surface area (Å²) < 4.78 is 0. The van der Waals surface area contributed by atoms with Gasteiger partial charge in [0.05, 0.1) is 11.7 Å². The van der Waals surface area contributed by atoms with Crippen molar-refractivity contribution in [1.82, 2.24) is 15.6 Å². The van der Waals surface area contributed by atoms with Crippen molar-refractivity contribution in [3.8, 4) is 0 Å². The molecule has 0 saturated carbocycles. The van der Waals surface area contributed by atoms with Gasteiger partial charge in [-0.25, -0.2) is 0 Å². The zero-order chi connectivity index (χ0) is 11.1. The Morgan fingerprint density at radius 2 is 2.33 bits per heavy atom. The number of hydrogen-bond acceptors (Lipinski definition) is 2. The highest BCUT2D eigenvalue weighted by atomic mass is 32.1. The zero-order valence-electron chi connectivity index (χ0n) is 9.16. The zero-order valence-corrected chi connectivity index (χ0v) is 9.97. The molecule has 0 spiro atoms. The van der Waals surface area contributed by atoms with Gasteiger partial charge in [-0.1, -0.05) is 13.0 Å². The second-order valence-corrected chi connectivity index (χ2v) is 3.78. The molecule has 1 aromatic rings. The average Bonchev–Trinajstić information content (AvgIpc) is 2.27. The average molecular weight is 223 g/mol. The van der Waals surface area contributed by atoms with Crippen molar-refractivity contribution in [2.24, 2.45) is 0 Å². The molecule has 0 aliphatic rings. The summed E-state index contributed by atoms with van der Waals surface area (Å²) in [4.78, 5) is 4.26. The number of nitrogens with zero attached hydrogens (tertiary/aromatic N) is 1. The lowest BCUT2D eigenvalue weighted by molar-refractivity contribution is 0.674. The molecule has 0 amide bonds. The first-order valence-corrected chi connectivity index (χ1v) is 5.60. The van der Waals surface area contributed by atoms with Crippen molar-refractivity contribution < 1.29 is 0 Å². The van der Waals surface area contributed by atoms with Crippen LogP contribution < -0.4 is 10.6 Å². The lowest BCUT2D eigenvalue weighted by Gasteiger charge is -2.16. The maximum Gasteiger partial charge on any atom is 0.166 e. The molecule has 0 aliphatic heterocycles. The van der Waals surface area contributed by atoms with Gasteiger partial charge in [-0.3, -0.25) is 4.98 Å². The standard InChI is InChI=1S/C11H17N3S/c1-3-7-13-11(15)14-9(2)10-6-4-5-8-12-10/h4-6,8-9H,3,7H2,1-2H3,(H2,13,14,15). The second kappa shape index (κ2) is 6.35. The highest BCUT2D eigenvalue weighted by Crippen LogP contribution is 2.06. The Morgan fingerprint density at radius 1 is 1.53 bits per heavy atom. The minimum atomic E-state index is 0.142. The molecular formula is C11H17N3S. The Bertz CT molecular complexity index is 300. The monoisotopic (exact) mass is 223 g/mol. The van der Waals surface area contributed by atoms with E-state index < -0.39 is 0 Å². The molecule has 1 atom stereocenters. The molecule has 1 aromatic heterocycles. The van der Waals surface area contributed by atoms with E-state index in [2.05, 4.69) is 22.5 Å². The van der Waals surface area contributed by atoms with Gasteiger partial charge in [0.15, 0.2) is 5.11 Å². The maximum absolute atomic E-state index is 5.15. The van der Waals surface area contributed by atoms with E-state index in [1.165, 1.54) is 0 Å². The summed E-state index contributed by atoms with van der Waals surface area (Å²) in [5, 5.41) is 7.00. The van der Waals surface area contributed by atoms with Crippen LogP contribution in [0.15, 0.2) is 24.4 Å².